The molecular formula is C9H12O3S. The average molecular weight is 200 g/mol. The van der Waals surface area contributed by atoms with E-state index in [2.05, 4.69) is 0 Å². The lowest BCUT2D eigenvalue weighted by Crippen LogP contribution is -2.04. The van der Waals surface area contributed by atoms with Gasteiger partial charge in [0, 0.05) is 7.11 Å². The molecule has 1 aromatic rings. The molecule has 3 nitrogen and oxygen atoms in total. The summed E-state index contributed by atoms with van der Waals surface area (Å²) in [5.74, 6) is 0. The van der Waals surface area contributed by atoms with E-state index >= 15 is 0 Å². The van der Waals surface area contributed by atoms with Crippen LogP contribution >= 0.6 is 0 Å². The van der Waals surface area contributed by atoms with Crippen LogP contribution in [0.3, 0.4) is 0 Å². The predicted molar refractivity (Wildman–Crippen MR) is 50.7 cm³/mol. The van der Waals surface area contributed by atoms with Gasteiger partial charge in [0.1, 0.15) is 0 Å². The summed E-state index contributed by atoms with van der Waals surface area (Å²) < 4.78 is 21.1. The van der Waals surface area contributed by atoms with Gasteiger partial charge < -0.3 is 4.74 Å². The molecule has 0 radical (unpaired) electrons. The molecule has 0 spiro atoms. The molecule has 0 saturated carbocycles. The molecule has 0 aliphatic carbocycles. The fourth-order valence-electron chi connectivity index (χ4n) is 0.793. The lowest BCUT2D eigenvalue weighted by atomic mass is 10.4. The topological polar surface area (TPSA) is 35.5 Å². The van der Waals surface area contributed by atoms with E-state index < -0.39 is 11.1 Å². The zero-order valence-corrected chi connectivity index (χ0v) is 8.25. The molecule has 0 aliphatic heterocycles. The van der Waals surface area contributed by atoms with Crippen molar-refractivity contribution >= 4 is 11.1 Å². The third-order valence-corrected chi connectivity index (χ3v) is 2.45. The van der Waals surface area contributed by atoms with Crippen molar-refractivity contribution < 1.29 is 13.1 Å². The minimum Gasteiger partial charge on any atom is -0.382 e. The number of rotatable bonds is 5. The molecule has 0 N–H and O–H groups in total. The first-order valence-electron chi connectivity index (χ1n) is 3.93. The Morgan fingerprint density at radius 3 is 2.54 bits per heavy atom. The van der Waals surface area contributed by atoms with Gasteiger partial charge in [-0.25, -0.2) is 4.21 Å². The van der Waals surface area contributed by atoms with E-state index in [0.29, 0.717) is 18.1 Å². The second-order valence-electron chi connectivity index (χ2n) is 2.36. The Morgan fingerprint density at radius 1 is 1.23 bits per heavy atom. The van der Waals surface area contributed by atoms with Crippen LogP contribution in [-0.2, 0) is 20.0 Å². The van der Waals surface area contributed by atoms with Gasteiger partial charge in [0.25, 0.3) is 0 Å². The molecule has 1 aromatic carbocycles. The number of ether oxygens (including phenoxy) is 1. The van der Waals surface area contributed by atoms with Crippen molar-refractivity contribution in [1.29, 1.82) is 0 Å². The standard InChI is InChI=1S/C9H12O3S/c1-11-7-8-12-13(10)9-5-3-2-4-6-9/h2-6H,7-8H2,1H3. The van der Waals surface area contributed by atoms with Crippen molar-refractivity contribution in [2.75, 3.05) is 20.3 Å². The number of benzene rings is 1. The summed E-state index contributed by atoms with van der Waals surface area (Å²) in [4.78, 5) is 0.679. The van der Waals surface area contributed by atoms with Crippen LogP contribution in [0.15, 0.2) is 35.2 Å². The van der Waals surface area contributed by atoms with Gasteiger partial charge >= 0.3 is 0 Å². The summed E-state index contributed by atoms with van der Waals surface area (Å²) in [6, 6.07) is 9.06. The molecule has 1 atom stereocenters. The summed E-state index contributed by atoms with van der Waals surface area (Å²) in [6.45, 7) is 0.802. The van der Waals surface area contributed by atoms with Crippen molar-refractivity contribution in [2.24, 2.45) is 0 Å². The van der Waals surface area contributed by atoms with Crippen LogP contribution in [0.25, 0.3) is 0 Å². The molecular weight excluding hydrogens is 188 g/mol. The Hall–Kier alpha value is -0.710. The number of hydrogen-bond acceptors (Lipinski definition) is 3. The summed E-state index contributed by atoms with van der Waals surface area (Å²) in [6.07, 6.45) is 0. The van der Waals surface area contributed by atoms with E-state index in [9.17, 15) is 4.21 Å². The van der Waals surface area contributed by atoms with Gasteiger partial charge in [-0.1, -0.05) is 18.2 Å². The van der Waals surface area contributed by atoms with Crippen molar-refractivity contribution in [3.8, 4) is 0 Å². The van der Waals surface area contributed by atoms with Crippen molar-refractivity contribution in [2.45, 2.75) is 4.90 Å². The zero-order chi connectivity index (χ0) is 9.52. The molecule has 0 heterocycles. The first-order valence-corrected chi connectivity index (χ1v) is 5.01. The third-order valence-electron chi connectivity index (χ3n) is 1.41. The molecule has 72 valence electrons. The maximum Gasteiger partial charge on any atom is 0.189 e. The molecule has 0 saturated heterocycles. The lowest BCUT2D eigenvalue weighted by Gasteiger charge is -2.01. The molecule has 0 fully saturated rings. The quantitative estimate of drug-likeness (QED) is 0.673. The minimum atomic E-state index is -1.36. The molecule has 0 aliphatic rings. The summed E-state index contributed by atoms with van der Waals surface area (Å²) in [5.41, 5.74) is 0. The average Bonchev–Trinajstić information content (AvgIpc) is 2.19. The highest BCUT2D eigenvalue weighted by Gasteiger charge is 2.01. The number of hydrogen-bond donors (Lipinski definition) is 0. The molecule has 13 heavy (non-hydrogen) atoms. The Labute approximate surface area is 80.3 Å². The van der Waals surface area contributed by atoms with E-state index in [1.54, 1.807) is 19.2 Å². The highest BCUT2D eigenvalue weighted by Crippen LogP contribution is 2.05. The SMILES string of the molecule is COCCOS(=O)c1ccccc1. The van der Waals surface area contributed by atoms with Crippen molar-refractivity contribution in [1.82, 2.24) is 0 Å². The van der Waals surface area contributed by atoms with Crippen LogP contribution in [0.4, 0.5) is 0 Å². The molecule has 0 aromatic heterocycles. The smallest absolute Gasteiger partial charge is 0.189 e. The second kappa shape index (κ2) is 5.85. The van der Waals surface area contributed by atoms with Gasteiger partial charge in [-0.3, -0.25) is 4.18 Å². The van der Waals surface area contributed by atoms with Gasteiger partial charge in [0.05, 0.1) is 18.1 Å². The Kier molecular flexibility index (Phi) is 4.67. The largest absolute Gasteiger partial charge is 0.382 e. The maximum absolute atomic E-state index is 11.4. The third kappa shape index (κ3) is 3.67. The van der Waals surface area contributed by atoms with Crippen LogP contribution in [0.1, 0.15) is 0 Å². The Morgan fingerprint density at radius 2 is 1.92 bits per heavy atom. The van der Waals surface area contributed by atoms with Gasteiger partial charge in [-0.15, -0.1) is 0 Å². The fourth-order valence-corrected chi connectivity index (χ4v) is 1.53. The molecule has 1 rings (SSSR count). The molecule has 4 heteroatoms. The highest BCUT2D eigenvalue weighted by atomic mass is 32.2. The highest BCUT2D eigenvalue weighted by molar-refractivity contribution is 7.80. The van der Waals surface area contributed by atoms with Gasteiger partial charge in [-0.2, -0.15) is 0 Å². The minimum absolute atomic E-state index is 0.345. The Bertz CT molecular complexity index is 261. The summed E-state index contributed by atoms with van der Waals surface area (Å²) in [7, 11) is 1.58. The second-order valence-corrected chi connectivity index (χ2v) is 3.54. The molecule has 0 amide bonds. The first-order chi connectivity index (χ1) is 6.34. The van der Waals surface area contributed by atoms with Crippen LogP contribution in [0.5, 0.6) is 0 Å². The fraction of sp³-hybridized carbons (Fsp3) is 0.333. The normalized spacial score (nSPS) is 12.7. The van der Waals surface area contributed by atoms with E-state index in [-0.39, 0.29) is 0 Å². The molecule has 1 unspecified atom stereocenters. The van der Waals surface area contributed by atoms with Crippen molar-refractivity contribution in [3.05, 3.63) is 30.3 Å². The van der Waals surface area contributed by atoms with E-state index in [1.165, 1.54) is 0 Å². The summed E-state index contributed by atoms with van der Waals surface area (Å²) in [5, 5.41) is 0. The number of methoxy groups -OCH3 is 1. The van der Waals surface area contributed by atoms with E-state index in [0.717, 1.165) is 0 Å². The molecule has 0 bridgehead atoms. The van der Waals surface area contributed by atoms with E-state index in [1.807, 2.05) is 18.2 Å². The van der Waals surface area contributed by atoms with Crippen LogP contribution in [-0.4, -0.2) is 24.5 Å². The van der Waals surface area contributed by atoms with Crippen LogP contribution in [0, 0.1) is 0 Å². The van der Waals surface area contributed by atoms with Gasteiger partial charge in [-0.05, 0) is 12.1 Å². The van der Waals surface area contributed by atoms with Crippen LogP contribution < -0.4 is 0 Å². The van der Waals surface area contributed by atoms with E-state index in [4.69, 9.17) is 8.92 Å². The lowest BCUT2D eigenvalue weighted by molar-refractivity contribution is 0.153. The monoisotopic (exact) mass is 200 g/mol. The zero-order valence-electron chi connectivity index (χ0n) is 7.43. The maximum atomic E-state index is 11.4. The van der Waals surface area contributed by atoms with Gasteiger partial charge in [0.15, 0.2) is 11.1 Å². The first kappa shape index (κ1) is 10.4. The summed E-state index contributed by atoms with van der Waals surface area (Å²) >= 11 is -1.36. The van der Waals surface area contributed by atoms with Gasteiger partial charge in [0.2, 0.25) is 0 Å². The Balaban J connectivity index is 2.40. The van der Waals surface area contributed by atoms with Crippen LogP contribution in [0.2, 0.25) is 0 Å². The van der Waals surface area contributed by atoms with Crippen molar-refractivity contribution in [3.63, 3.8) is 0 Å². The predicted octanol–water partition coefficient (Wildman–Crippen LogP) is 1.37.